The van der Waals surface area contributed by atoms with Gasteiger partial charge in [-0.15, -0.1) is 0 Å². The van der Waals surface area contributed by atoms with Gasteiger partial charge in [-0.05, 0) is 24.8 Å². The molecule has 1 heterocycles. The summed E-state index contributed by atoms with van der Waals surface area (Å²) in [6.45, 7) is 2.13. The molecule has 0 unspecified atom stereocenters. The fourth-order valence-electron chi connectivity index (χ4n) is 2.86. The van der Waals surface area contributed by atoms with Crippen molar-refractivity contribution in [1.29, 1.82) is 0 Å². The minimum absolute atomic E-state index is 0.102. The molecule has 0 aromatic heterocycles. The summed E-state index contributed by atoms with van der Waals surface area (Å²) in [6.07, 6.45) is 2.52. The van der Waals surface area contributed by atoms with E-state index in [9.17, 15) is 9.18 Å². The smallest absolute Gasteiger partial charge is 0.220 e. The van der Waals surface area contributed by atoms with Gasteiger partial charge < -0.3 is 15.5 Å². The number of amides is 1. The molecule has 2 N–H and O–H groups in total. The third-order valence-corrected chi connectivity index (χ3v) is 4.27. The molecule has 1 aliphatic heterocycles. The van der Waals surface area contributed by atoms with Crippen LogP contribution in [-0.4, -0.2) is 44.0 Å². The number of rotatable bonds is 4. The maximum absolute atomic E-state index is 13.7. The van der Waals surface area contributed by atoms with Crippen molar-refractivity contribution in [3.8, 4) is 0 Å². The quantitative estimate of drug-likeness (QED) is 0.656. The second-order valence-electron chi connectivity index (χ2n) is 5.80. The topological polar surface area (TPSA) is 56.7 Å². The number of hydrogen-bond donors (Lipinski definition) is 2. The molecule has 2 rings (SSSR count). The third kappa shape index (κ3) is 4.94. The molecule has 0 bridgehead atoms. The second kappa shape index (κ2) is 8.50. The summed E-state index contributed by atoms with van der Waals surface area (Å²) in [7, 11) is 3.41. The van der Waals surface area contributed by atoms with Crippen LogP contribution in [0.3, 0.4) is 0 Å². The van der Waals surface area contributed by atoms with E-state index in [0.29, 0.717) is 24.4 Å². The molecule has 1 saturated heterocycles. The highest BCUT2D eigenvalue weighted by Crippen LogP contribution is 2.20. The molecule has 0 saturated carbocycles. The SMILES string of the molecule is CN=C(NCc1ccccc1F)N1CCC(CC(=O)NC)CC1. The molecule has 0 atom stereocenters. The van der Waals surface area contributed by atoms with Gasteiger partial charge >= 0.3 is 0 Å². The fourth-order valence-corrected chi connectivity index (χ4v) is 2.86. The standard InChI is InChI=1S/C17H25FN4O/c1-19-16(23)11-13-7-9-22(10-8-13)17(20-2)21-12-14-5-3-4-6-15(14)18/h3-6,13H,7-12H2,1-2H3,(H,19,23)(H,20,21). The average Bonchev–Trinajstić information content (AvgIpc) is 2.58. The third-order valence-electron chi connectivity index (χ3n) is 4.27. The lowest BCUT2D eigenvalue weighted by molar-refractivity contribution is -0.121. The molecular formula is C17H25FN4O. The van der Waals surface area contributed by atoms with Gasteiger partial charge in [-0.2, -0.15) is 0 Å². The molecule has 5 nitrogen and oxygen atoms in total. The average molecular weight is 320 g/mol. The summed E-state index contributed by atoms with van der Waals surface area (Å²) in [5.74, 6) is 1.10. The van der Waals surface area contributed by atoms with E-state index in [1.807, 2.05) is 6.07 Å². The minimum atomic E-state index is -0.209. The monoisotopic (exact) mass is 320 g/mol. The van der Waals surface area contributed by atoms with Crippen LogP contribution in [0.25, 0.3) is 0 Å². The molecule has 1 aromatic carbocycles. The minimum Gasteiger partial charge on any atom is -0.359 e. The maximum atomic E-state index is 13.7. The van der Waals surface area contributed by atoms with Gasteiger partial charge in [0, 0.05) is 45.7 Å². The number of piperidine rings is 1. The van der Waals surface area contributed by atoms with Crippen LogP contribution in [0.1, 0.15) is 24.8 Å². The Hall–Kier alpha value is -2.11. The number of carbonyl (C=O) groups excluding carboxylic acids is 1. The summed E-state index contributed by atoms with van der Waals surface area (Å²) in [4.78, 5) is 17.9. The number of hydrogen-bond acceptors (Lipinski definition) is 2. The van der Waals surface area contributed by atoms with Gasteiger partial charge in [0.25, 0.3) is 0 Å². The molecular weight excluding hydrogens is 295 g/mol. The number of benzene rings is 1. The predicted molar refractivity (Wildman–Crippen MR) is 89.6 cm³/mol. The Morgan fingerprint density at radius 2 is 2.04 bits per heavy atom. The lowest BCUT2D eigenvalue weighted by Crippen LogP contribution is -2.45. The Morgan fingerprint density at radius 3 is 2.65 bits per heavy atom. The predicted octanol–water partition coefficient (Wildman–Crippen LogP) is 1.75. The van der Waals surface area contributed by atoms with E-state index in [2.05, 4.69) is 20.5 Å². The first-order valence-corrected chi connectivity index (χ1v) is 8.03. The number of carbonyl (C=O) groups is 1. The summed E-state index contributed by atoms with van der Waals surface area (Å²) in [6, 6.07) is 6.74. The van der Waals surface area contributed by atoms with Crippen molar-refractivity contribution < 1.29 is 9.18 Å². The maximum Gasteiger partial charge on any atom is 0.220 e. The van der Waals surface area contributed by atoms with Crippen LogP contribution in [0, 0.1) is 11.7 Å². The van der Waals surface area contributed by atoms with Gasteiger partial charge in [-0.3, -0.25) is 9.79 Å². The highest BCUT2D eigenvalue weighted by atomic mass is 19.1. The fraction of sp³-hybridized carbons (Fsp3) is 0.529. The van der Waals surface area contributed by atoms with E-state index in [-0.39, 0.29) is 11.7 Å². The van der Waals surface area contributed by atoms with Gasteiger partial charge in [-0.1, -0.05) is 18.2 Å². The summed E-state index contributed by atoms with van der Waals surface area (Å²) >= 11 is 0. The second-order valence-corrected chi connectivity index (χ2v) is 5.80. The first kappa shape index (κ1) is 17.2. The molecule has 1 aromatic rings. The van der Waals surface area contributed by atoms with Crippen molar-refractivity contribution in [2.75, 3.05) is 27.2 Å². The van der Waals surface area contributed by atoms with Gasteiger partial charge in [0.05, 0.1) is 0 Å². The Bertz CT molecular complexity index is 553. The van der Waals surface area contributed by atoms with Crippen molar-refractivity contribution >= 4 is 11.9 Å². The van der Waals surface area contributed by atoms with E-state index in [4.69, 9.17) is 0 Å². The Labute approximate surface area is 137 Å². The number of nitrogens with one attached hydrogen (secondary N) is 2. The number of guanidine groups is 1. The van der Waals surface area contributed by atoms with E-state index in [1.165, 1.54) is 6.07 Å². The van der Waals surface area contributed by atoms with Crippen LogP contribution in [0.2, 0.25) is 0 Å². The van der Waals surface area contributed by atoms with Crippen molar-refractivity contribution in [3.05, 3.63) is 35.6 Å². The number of aliphatic imine (C=N–C) groups is 1. The Balaban J connectivity index is 1.83. The number of likely N-dealkylation sites (tertiary alicyclic amines) is 1. The lowest BCUT2D eigenvalue weighted by Gasteiger charge is -2.34. The Morgan fingerprint density at radius 1 is 1.35 bits per heavy atom. The number of nitrogens with zero attached hydrogens (tertiary/aromatic N) is 2. The molecule has 0 spiro atoms. The molecule has 1 aliphatic rings. The lowest BCUT2D eigenvalue weighted by atomic mass is 9.93. The first-order valence-electron chi connectivity index (χ1n) is 8.03. The van der Waals surface area contributed by atoms with Gasteiger partial charge in [0.15, 0.2) is 5.96 Å². The van der Waals surface area contributed by atoms with Crippen LogP contribution in [0.5, 0.6) is 0 Å². The van der Waals surface area contributed by atoms with Crippen molar-refractivity contribution in [2.45, 2.75) is 25.8 Å². The van der Waals surface area contributed by atoms with E-state index < -0.39 is 0 Å². The molecule has 126 valence electrons. The van der Waals surface area contributed by atoms with Crippen molar-refractivity contribution in [1.82, 2.24) is 15.5 Å². The van der Waals surface area contributed by atoms with Crippen molar-refractivity contribution in [2.24, 2.45) is 10.9 Å². The van der Waals surface area contributed by atoms with E-state index >= 15 is 0 Å². The summed E-state index contributed by atoms with van der Waals surface area (Å²) in [5, 5.41) is 5.90. The Kier molecular flexibility index (Phi) is 6.38. The molecule has 0 radical (unpaired) electrons. The number of halogens is 1. The van der Waals surface area contributed by atoms with Gasteiger partial charge in [-0.25, -0.2) is 4.39 Å². The van der Waals surface area contributed by atoms with Crippen molar-refractivity contribution in [3.63, 3.8) is 0 Å². The zero-order chi connectivity index (χ0) is 16.7. The summed E-state index contributed by atoms with van der Waals surface area (Å²) < 4.78 is 13.7. The molecule has 1 fully saturated rings. The summed E-state index contributed by atoms with van der Waals surface area (Å²) in [5.41, 5.74) is 0.628. The molecule has 23 heavy (non-hydrogen) atoms. The van der Waals surface area contributed by atoms with Crippen LogP contribution >= 0.6 is 0 Å². The molecule has 1 amide bonds. The first-order chi connectivity index (χ1) is 11.1. The van der Waals surface area contributed by atoms with Crippen LogP contribution < -0.4 is 10.6 Å². The zero-order valence-corrected chi connectivity index (χ0v) is 13.8. The normalized spacial score (nSPS) is 16.3. The molecule has 6 heteroatoms. The van der Waals surface area contributed by atoms with Crippen LogP contribution in [-0.2, 0) is 11.3 Å². The van der Waals surface area contributed by atoms with Crippen LogP contribution in [0.4, 0.5) is 4.39 Å². The highest BCUT2D eigenvalue weighted by Gasteiger charge is 2.23. The van der Waals surface area contributed by atoms with Crippen LogP contribution in [0.15, 0.2) is 29.3 Å². The van der Waals surface area contributed by atoms with Gasteiger partial charge in [0.1, 0.15) is 5.82 Å². The van der Waals surface area contributed by atoms with E-state index in [0.717, 1.165) is 31.9 Å². The van der Waals surface area contributed by atoms with E-state index in [1.54, 1.807) is 26.2 Å². The molecule has 0 aliphatic carbocycles. The largest absolute Gasteiger partial charge is 0.359 e. The zero-order valence-electron chi connectivity index (χ0n) is 13.8. The highest BCUT2D eigenvalue weighted by molar-refractivity contribution is 5.80. The van der Waals surface area contributed by atoms with Gasteiger partial charge in [0.2, 0.25) is 5.91 Å².